The largest absolute Gasteiger partial charge is 0.391 e. The van der Waals surface area contributed by atoms with Gasteiger partial charge < -0.3 is 9.63 Å². The van der Waals surface area contributed by atoms with E-state index in [-0.39, 0.29) is 24.0 Å². The summed E-state index contributed by atoms with van der Waals surface area (Å²) in [5.74, 6) is 1.12. The molecule has 1 aliphatic heterocycles. The topological polar surface area (TPSA) is 80.4 Å². The van der Waals surface area contributed by atoms with Crippen molar-refractivity contribution >= 4 is 9.84 Å². The van der Waals surface area contributed by atoms with E-state index in [4.69, 9.17) is 9.63 Å². The average Bonchev–Trinajstić information content (AvgIpc) is 2.65. The molecule has 0 unspecified atom stereocenters. The van der Waals surface area contributed by atoms with Crippen LogP contribution in [0.25, 0.3) is 0 Å². The molecule has 0 spiro atoms. The zero-order valence-corrected chi connectivity index (χ0v) is 9.03. The van der Waals surface area contributed by atoms with Gasteiger partial charge in [0.2, 0.25) is 0 Å². The number of aliphatic hydroxyl groups excluding tert-OH is 1. The molecule has 15 heavy (non-hydrogen) atoms. The van der Waals surface area contributed by atoms with E-state index in [0.717, 1.165) is 0 Å². The fraction of sp³-hybridized carbons (Fsp3) is 0.667. The minimum atomic E-state index is -2.85. The second-order valence-electron chi connectivity index (χ2n) is 3.80. The summed E-state index contributed by atoms with van der Waals surface area (Å²) in [4.78, 5) is 0. The van der Waals surface area contributed by atoms with E-state index in [2.05, 4.69) is 5.16 Å². The lowest BCUT2D eigenvalue weighted by Gasteiger charge is -2.19. The van der Waals surface area contributed by atoms with E-state index < -0.39 is 9.84 Å². The first-order valence-electron chi connectivity index (χ1n) is 4.87. The van der Waals surface area contributed by atoms with Crippen molar-refractivity contribution in [2.24, 2.45) is 0 Å². The van der Waals surface area contributed by atoms with Crippen LogP contribution in [0, 0.1) is 0 Å². The van der Waals surface area contributed by atoms with Gasteiger partial charge in [-0.15, -0.1) is 0 Å². The van der Waals surface area contributed by atoms with Gasteiger partial charge in [-0.1, -0.05) is 5.16 Å². The van der Waals surface area contributed by atoms with E-state index >= 15 is 0 Å². The molecule has 0 amide bonds. The van der Waals surface area contributed by atoms with E-state index in [1.807, 2.05) is 0 Å². The molecule has 0 aromatic carbocycles. The van der Waals surface area contributed by atoms with Crippen LogP contribution in [0.5, 0.6) is 0 Å². The Labute approximate surface area is 88.0 Å². The number of aliphatic hydroxyl groups is 1. The van der Waals surface area contributed by atoms with Crippen molar-refractivity contribution in [2.75, 3.05) is 11.5 Å². The highest BCUT2D eigenvalue weighted by Gasteiger charge is 2.28. The van der Waals surface area contributed by atoms with E-state index in [0.29, 0.717) is 24.2 Å². The van der Waals surface area contributed by atoms with Crippen LogP contribution in [-0.2, 0) is 16.4 Å². The molecule has 1 aromatic heterocycles. The second kappa shape index (κ2) is 3.94. The number of rotatable bonds is 2. The van der Waals surface area contributed by atoms with Crippen molar-refractivity contribution in [1.82, 2.24) is 5.16 Å². The molecule has 1 saturated heterocycles. The Morgan fingerprint density at radius 1 is 1.47 bits per heavy atom. The predicted molar refractivity (Wildman–Crippen MR) is 53.1 cm³/mol. The molecule has 84 valence electrons. The van der Waals surface area contributed by atoms with Crippen LogP contribution in [0.1, 0.15) is 30.1 Å². The first-order chi connectivity index (χ1) is 7.12. The van der Waals surface area contributed by atoms with Gasteiger partial charge in [-0.05, 0) is 12.8 Å². The SMILES string of the molecule is O=S1(=O)CCC(c2oncc2CO)CC1. The minimum absolute atomic E-state index is 0.0816. The molecular weight excluding hydrogens is 218 g/mol. The number of aromatic nitrogens is 1. The Kier molecular flexibility index (Phi) is 2.79. The molecule has 1 aliphatic rings. The summed E-state index contributed by atoms with van der Waals surface area (Å²) < 4.78 is 27.5. The van der Waals surface area contributed by atoms with Gasteiger partial charge in [0.1, 0.15) is 15.6 Å². The average molecular weight is 231 g/mol. The van der Waals surface area contributed by atoms with Crippen molar-refractivity contribution in [1.29, 1.82) is 0 Å². The van der Waals surface area contributed by atoms with Crippen molar-refractivity contribution in [3.63, 3.8) is 0 Å². The summed E-state index contributed by atoms with van der Waals surface area (Å²) in [7, 11) is -2.85. The lowest BCUT2D eigenvalue weighted by atomic mass is 9.97. The highest BCUT2D eigenvalue weighted by molar-refractivity contribution is 7.91. The van der Waals surface area contributed by atoms with E-state index in [1.54, 1.807) is 0 Å². The van der Waals surface area contributed by atoms with Crippen LogP contribution >= 0.6 is 0 Å². The minimum Gasteiger partial charge on any atom is -0.391 e. The highest BCUT2D eigenvalue weighted by Crippen LogP contribution is 2.31. The van der Waals surface area contributed by atoms with Gasteiger partial charge >= 0.3 is 0 Å². The lowest BCUT2D eigenvalue weighted by molar-refractivity contribution is 0.273. The van der Waals surface area contributed by atoms with Crippen LogP contribution < -0.4 is 0 Å². The van der Waals surface area contributed by atoms with Crippen LogP contribution in [0.15, 0.2) is 10.7 Å². The fourth-order valence-electron chi connectivity index (χ4n) is 1.88. The summed E-state index contributed by atoms with van der Waals surface area (Å²) in [5, 5.41) is 12.6. The van der Waals surface area contributed by atoms with Crippen molar-refractivity contribution in [3.8, 4) is 0 Å². The molecule has 2 rings (SSSR count). The summed E-state index contributed by atoms with van der Waals surface area (Å²) >= 11 is 0. The van der Waals surface area contributed by atoms with Crippen LogP contribution in [0.4, 0.5) is 0 Å². The molecule has 1 fully saturated rings. The van der Waals surface area contributed by atoms with Gasteiger partial charge in [-0.25, -0.2) is 8.42 Å². The number of sulfone groups is 1. The normalized spacial score (nSPS) is 21.7. The van der Waals surface area contributed by atoms with Crippen LogP contribution in [0.2, 0.25) is 0 Å². The quantitative estimate of drug-likeness (QED) is 0.799. The third-order valence-electron chi connectivity index (χ3n) is 2.77. The van der Waals surface area contributed by atoms with Gasteiger partial charge in [-0.3, -0.25) is 0 Å². The zero-order chi connectivity index (χ0) is 10.9. The number of nitrogens with zero attached hydrogens (tertiary/aromatic N) is 1. The Bertz CT molecular complexity index is 423. The number of hydrogen-bond acceptors (Lipinski definition) is 5. The maximum atomic E-state index is 11.2. The highest BCUT2D eigenvalue weighted by atomic mass is 32.2. The van der Waals surface area contributed by atoms with Gasteiger partial charge in [0.05, 0.1) is 24.3 Å². The molecule has 1 N–H and O–H groups in total. The molecule has 1 aromatic rings. The summed E-state index contributed by atoms with van der Waals surface area (Å²) in [6, 6.07) is 0. The van der Waals surface area contributed by atoms with E-state index in [9.17, 15) is 8.42 Å². The monoisotopic (exact) mass is 231 g/mol. The molecule has 5 nitrogen and oxygen atoms in total. The molecule has 0 bridgehead atoms. The van der Waals surface area contributed by atoms with Crippen molar-refractivity contribution < 1.29 is 18.0 Å². The molecule has 0 radical (unpaired) electrons. The third kappa shape index (κ3) is 2.21. The van der Waals surface area contributed by atoms with E-state index in [1.165, 1.54) is 6.20 Å². The zero-order valence-electron chi connectivity index (χ0n) is 8.22. The van der Waals surface area contributed by atoms with Gasteiger partial charge in [0.15, 0.2) is 0 Å². The van der Waals surface area contributed by atoms with Crippen molar-refractivity contribution in [2.45, 2.75) is 25.4 Å². The first-order valence-corrected chi connectivity index (χ1v) is 6.69. The lowest BCUT2D eigenvalue weighted by Crippen LogP contribution is -2.22. The second-order valence-corrected chi connectivity index (χ2v) is 6.10. The van der Waals surface area contributed by atoms with Gasteiger partial charge in [-0.2, -0.15) is 0 Å². The predicted octanol–water partition coefficient (Wildman–Crippen LogP) is 0.459. The Hall–Kier alpha value is -0.880. The van der Waals surface area contributed by atoms with Crippen LogP contribution in [-0.4, -0.2) is 30.2 Å². The third-order valence-corrected chi connectivity index (χ3v) is 4.49. The Morgan fingerprint density at radius 2 is 2.13 bits per heavy atom. The smallest absolute Gasteiger partial charge is 0.150 e. The summed E-state index contributed by atoms with van der Waals surface area (Å²) in [5.41, 5.74) is 0.666. The first kappa shape index (κ1) is 10.6. The Balaban J connectivity index is 2.14. The molecular formula is C9H13NO4S. The maximum Gasteiger partial charge on any atom is 0.150 e. The molecule has 0 atom stereocenters. The standard InChI is InChI=1S/C9H13NO4S/c11-6-8-5-10-14-9(8)7-1-3-15(12,13)4-2-7/h5,7,11H,1-4,6H2. The summed E-state index contributed by atoms with van der Waals surface area (Å²) in [6.07, 6.45) is 2.60. The number of hydrogen-bond donors (Lipinski definition) is 1. The summed E-state index contributed by atoms with van der Waals surface area (Å²) in [6.45, 7) is -0.109. The molecule has 0 saturated carbocycles. The molecule has 0 aliphatic carbocycles. The molecule has 2 heterocycles. The van der Waals surface area contributed by atoms with Crippen LogP contribution in [0.3, 0.4) is 0 Å². The maximum absolute atomic E-state index is 11.2. The van der Waals surface area contributed by atoms with Gasteiger partial charge in [0, 0.05) is 11.5 Å². The molecule has 6 heteroatoms. The Morgan fingerprint density at radius 3 is 2.73 bits per heavy atom. The fourth-order valence-corrected chi connectivity index (χ4v) is 3.37. The van der Waals surface area contributed by atoms with Gasteiger partial charge in [0.25, 0.3) is 0 Å². The van der Waals surface area contributed by atoms with Crippen molar-refractivity contribution in [3.05, 3.63) is 17.5 Å².